The standard InChI is InChI=1S/C63H116O6/c1-4-7-10-13-16-19-22-25-28-29-30-31-32-33-36-38-41-44-47-50-53-56-62(65)68-59-60(69-63(66)57-54-51-48-45-42-39-35-27-24-21-18-15-12-9-6-3)58-67-61(64)55-52-49-46-43-40-37-34-26-23-20-17-14-11-8-5-2/h25-28,34-35,60H,4-24,29-33,36-59H2,1-3H3/b28-25-,34-26-,35-27-/t60-/m0/s1. The van der Waals surface area contributed by atoms with Gasteiger partial charge < -0.3 is 14.2 Å². The molecule has 0 saturated heterocycles. The van der Waals surface area contributed by atoms with Crippen molar-refractivity contribution in [2.24, 2.45) is 0 Å². The number of esters is 3. The number of allylic oxidation sites excluding steroid dienone is 6. The SMILES string of the molecule is CCCCCCCC/C=C\CCCCCCCCCCCCCC(=O)OC[C@H](COC(=O)CCCCCCC/C=C\CCCCCCCC)OC(=O)CCCCCCC/C=C\CCCCCCCC. The molecule has 0 aliphatic heterocycles. The molecule has 0 aliphatic carbocycles. The van der Waals surface area contributed by atoms with Crippen molar-refractivity contribution in [2.75, 3.05) is 13.2 Å². The zero-order chi connectivity index (χ0) is 50.0. The summed E-state index contributed by atoms with van der Waals surface area (Å²) in [5.41, 5.74) is 0. The molecule has 6 heteroatoms. The first-order valence-electron chi connectivity index (χ1n) is 30.5. The van der Waals surface area contributed by atoms with Gasteiger partial charge in [0.1, 0.15) is 13.2 Å². The Morgan fingerprint density at radius 2 is 0.478 bits per heavy atom. The second-order valence-electron chi connectivity index (χ2n) is 20.6. The van der Waals surface area contributed by atoms with Crippen molar-refractivity contribution in [3.8, 4) is 0 Å². The van der Waals surface area contributed by atoms with Crippen LogP contribution in [0.1, 0.15) is 329 Å². The van der Waals surface area contributed by atoms with Gasteiger partial charge in [0.25, 0.3) is 0 Å². The molecule has 0 aromatic heterocycles. The van der Waals surface area contributed by atoms with Gasteiger partial charge in [0.05, 0.1) is 0 Å². The van der Waals surface area contributed by atoms with Crippen molar-refractivity contribution in [3.63, 3.8) is 0 Å². The summed E-state index contributed by atoms with van der Waals surface area (Å²) in [6.07, 6.45) is 70.0. The number of carbonyl (C=O) groups excluding carboxylic acids is 3. The van der Waals surface area contributed by atoms with Crippen molar-refractivity contribution in [1.29, 1.82) is 0 Å². The summed E-state index contributed by atoms with van der Waals surface area (Å²) >= 11 is 0. The molecule has 0 heterocycles. The molecule has 0 unspecified atom stereocenters. The van der Waals surface area contributed by atoms with Gasteiger partial charge >= 0.3 is 17.9 Å². The van der Waals surface area contributed by atoms with Crippen LogP contribution >= 0.6 is 0 Å². The van der Waals surface area contributed by atoms with E-state index in [1.165, 1.54) is 218 Å². The maximum absolute atomic E-state index is 12.9. The van der Waals surface area contributed by atoms with Gasteiger partial charge in [-0.25, -0.2) is 0 Å². The fraction of sp³-hybridized carbons (Fsp3) is 0.857. The maximum Gasteiger partial charge on any atom is 0.306 e. The highest BCUT2D eigenvalue weighted by molar-refractivity contribution is 5.71. The predicted octanol–water partition coefficient (Wildman–Crippen LogP) is 20.4. The topological polar surface area (TPSA) is 78.9 Å². The summed E-state index contributed by atoms with van der Waals surface area (Å²) in [7, 11) is 0. The number of carbonyl (C=O) groups is 3. The van der Waals surface area contributed by atoms with Crippen LogP contribution in [0, 0.1) is 0 Å². The van der Waals surface area contributed by atoms with Gasteiger partial charge in [-0.2, -0.15) is 0 Å². The highest BCUT2D eigenvalue weighted by Crippen LogP contribution is 2.16. The summed E-state index contributed by atoms with van der Waals surface area (Å²) < 4.78 is 16.9. The fourth-order valence-corrected chi connectivity index (χ4v) is 8.96. The third-order valence-electron chi connectivity index (χ3n) is 13.6. The highest BCUT2D eigenvalue weighted by atomic mass is 16.6. The molecule has 0 radical (unpaired) electrons. The first-order chi connectivity index (χ1) is 34.0. The average molecular weight is 970 g/mol. The van der Waals surface area contributed by atoms with Crippen LogP contribution in [0.3, 0.4) is 0 Å². The quantitative estimate of drug-likeness (QED) is 0.0261. The molecule has 1 atom stereocenters. The number of hydrogen-bond acceptors (Lipinski definition) is 6. The number of rotatable bonds is 56. The van der Waals surface area contributed by atoms with E-state index < -0.39 is 6.10 Å². The van der Waals surface area contributed by atoms with Crippen LogP contribution in [0.25, 0.3) is 0 Å². The predicted molar refractivity (Wildman–Crippen MR) is 298 cm³/mol. The molecule has 0 aliphatic rings. The van der Waals surface area contributed by atoms with Crippen LogP contribution in [-0.4, -0.2) is 37.2 Å². The lowest BCUT2D eigenvalue weighted by molar-refractivity contribution is -0.167. The van der Waals surface area contributed by atoms with E-state index in [1.54, 1.807) is 0 Å². The lowest BCUT2D eigenvalue weighted by Gasteiger charge is -2.18. The van der Waals surface area contributed by atoms with Gasteiger partial charge in [-0.1, -0.05) is 250 Å². The molecule has 6 nitrogen and oxygen atoms in total. The summed E-state index contributed by atoms with van der Waals surface area (Å²) in [6, 6.07) is 0. The van der Waals surface area contributed by atoms with E-state index in [1.807, 2.05) is 0 Å². The summed E-state index contributed by atoms with van der Waals surface area (Å²) in [4.78, 5) is 38.2. The van der Waals surface area contributed by atoms with Crippen LogP contribution in [0.15, 0.2) is 36.5 Å². The van der Waals surface area contributed by atoms with Gasteiger partial charge in [-0.05, 0) is 96.3 Å². The summed E-state index contributed by atoms with van der Waals surface area (Å²) in [6.45, 7) is 6.66. The smallest absolute Gasteiger partial charge is 0.306 e. The molecular formula is C63H116O6. The van der Waals surface area contributed by atoms with Crippen LogP contribution < -0.4 is 0 Å². The number of unbranched alkanes of at least 4 members (excludes halogenated alkanes) is 39. The molecule has 0 saturated carbocycles. The van der Waals surface area contributed by atoms with Crippen molar-refractivity contribution >= 4 is 17.9 Å². The van der Waals surface area contributed by atoms with Crippen molar-refractivity contribution < 1.29 is 28.6 Å². The van der Waals surface area contributed by atoms with E-state index >= 15 is 0 Å². The van der Waals surface area contributed by atoms with Gasteiger partial charge in [-0.3, -0.25) is 14.4 Å². The molecule has 0 bridgehead atoms. The van der Waals surface area contributed by atoms with E-state index in [2.05, 4.69) is 57.2 Å². The molecule has 404 valence electrons. The molecule has 0 spiro atoms. The van der Waals surface area contributed by atoms with E-state index in [0.717, 1.165) is 70.6 Å². The molecule has 69 heavy (non-hydrogen) atoms. The second kappa shape index (κ2) is 58.2. The molecule has 0 N–H and O–H groups in total. The third-order valence-corrected chi connectivity index (χ3v) is 13.6. The molecule has 0 amide bonds. The number of ether oxygens (including phenoxy) is 3. The Hall–Kier alpha value is -2.37. The monoisotopic (exact) mass is 969 g/mol. The minimum atomic E-state index is -0.779. The van der Waals surface area contributed by atoms with E-state index in [9.17, 15) is 14.4 Å². The molecular weight excluding hydrogens is 853 g/mol. The van der Waals surface area contributed by atoms with Gasteiger partial charge in [0, 0.05) is 19.3 Å². The second-order valence-corrected chi connectivity index (χ2v) is 20.6. The zero-order valence-electron chi connectivity index (χ0n) is 46.3. The van der Waals surface area contributed by atoms with Crippen molar-refractivity contribution in [2.45, 2.75) is 335 Å². The summed E-state index contributed by atoms with van der Waals surface area (Å²) in [5, 5.41) is 0. The Kier molecular flexibility index (Phi) is 56.2. The Morgan fingerprint density at radius 1 is 0.275 bits per heavy atom. The third kappa shape index (κ3) is 56.4. The zero-order valence-corrected chi connectivity index (χ0v) is 46.3. The van der Waals surface area contributed by atoms with E-state index in [0.29, 0.717) is 19.3 Å². The van der Waals surface area contributed by atoms with Gasteiger partial charge in [0.2, 0.25) is 0 Å². The van der Waals surface area contributed by atoms with Crippen molar-refractivity contribution in [1.82, 2.24) is 0 Å². The largest absolute Gasteiger partial charge is 0.462 e. The van der Waals surface area contributed by atoms with Gasteiger partial charge in [0.15, 0.2) is 6.10 Å². The average Bonchev–Trinajstić information content (AvgIpc) is 3.35. The van der Waals surface area contributed by atoms with Crippen LogP contribution in [0.4, 0.5) is 0 Å². The fourth-order valence-electron chi connectivity index (χ4n) is 8.96. The lowest BCUT2D eigenvalue weighted by atomic mass is 10.0. The Balaban J connectivity index is 4.32. The highest BCUT2D eigenvalue weighted by Gasteiger charge is 2.19. The van der Waals surface area contributed by atoms with Crippen LogP contribution in [0.5, 0.6) is 0 Å². The molecule has 0 aromatic carbocycles. The molecule has 0 aromatic rings. The number of hydrogen-bond donors (Lipinski definition) is 0. The minimum absolute atomic E-state index is 0.0758. The van der Waals surface area contributed by atoms with Crippen LogP contribution in [-0.2, 0) is 28.6 Å². The summed E-state index contributed by atoms with van der Waals surface area (Å²) in [5.74, 6) is -0.875. The first kappa shape index (κ1) is 66.6. The van der Waals surface area contributed by atoms with Crippen molar-refractivity contribution in [3.05, 3.63) is 36.5 Å². The van der Waals surface area contributed by atoms with Gasteiger partial charge in [-0.15, -0.1) is 0 Å². The van der Waals surface area contributed by atoms with E-state index in [4.69, 9.17) is 14.2 Å². The maximum atomic E-state index is 12.9. The Bertz CT molecular complexity index is 1160. The Morgan fingerprint density at radius 3 is 0.725 bits per heavy atom. The molecule has 0 rings (SSSR count). The molecule has 0 fully saturated rings. The first-order valence-corrected chi connectivity index (χ1v) is 30.5. The van der Waals surface area contributed by atoms with Crippen LogP contribution in [0.2, 0.25) is 0 Å². The normalized spacial score (nSPS) is 12.2. The van der Waals surface area contributed by atoms with E-state index in [-0.39, 0.29) is 31.1 Å². The Labute approximate surface area is 429 Å². The minimum Gasteiger partial charge on any atom is -0.462 e. The lowest BCUT2D eigenvalue weighted by Crippen LogP contribution is -2.30.